The van der Waals surface area contributed by atoms with Crippen LogP contribution >= 0.6 is 11.3 Å². The van der Waals surface area contributed by atoms with Gasteiger partial charge < -0.3 is 14.6 Å². The number of nitriles is 1. The minimum absolute atomic E-state index is 0.0111. The molecule has 0 aliphatic rings. The normalized spacial score (nSPS) is 12.7. The lowest BCUT2D eigenvalue weighted by Gasteiger charge is -2.27. The number of aromatic nitrogens is 5. The first kappa shape index (κ1) is 23.1. The third-order valence-electron chi connectivity index (χ3n) is 5.29. The number of ether oxygens (including phenoxy) is 1. The molecule has 0 fully saturated rings. The summed E-state index contributed by atoms with van der Waals surface area (Å²) in [4.78, 5) is 21.4. The van der Waals surface area contributed by atoms with Gasteiger partial charge in [0.2, 0.25) is 11.6 Å². The Bertz CT molecular complexity index is 1370. The van der Waals surface area contributed by atoms with Gasteiger partial charge in [0.15, 0.2) is 5.82 Å². The Morgan fingerprint density at radius 1 is 1.47 bits per heavy atom. The molecule has 0 aliphatic heterocycles. The zero-order valence-electron chi connectivity index (χ0n) is 18.6. The molecule has 1 atom stereocenters. The molecule has 4 rings (SSSR count). The number of hydrogen-bond acceptors (Lipinski definition) is 9. The zero-order valence-corrected chi connectivity index (χ0v) is 19.4. The molecule has 0 radical (unpaired) electrons. The van der Waals surface area contributed by atoms with Crippen molar-refractivity contribution >= 4 is 17.2 Å². The minimum Gasteiger partial charge on any atom is -0.481 e. The molecule has 10 nitrogen and oxygen atoms in total. The van der Waals surface area contributed by atoms with E-state index in [4.69, 9.17) is 14.5 Å². The number of carbonyl (C=O) groups excluding carboxylic acids is 1. The van der Waals surface area contributed by atoms with Crippen LogP contribution in [0.25, 0.3) is 11.4 Å². The van der Waals surface area contributed by atoms with Crippen molar-refractivity contribution in [2.24, 2.45) is 7.05 Å². The van der Waals surface area contributed by atoms with Crippen molar-refractivity contribution in [1.29, 1.82) is 5.26 Å². The second-order valence-electron chi connectivity index (χ2n) is 7.60. The van der Waals surface area contributed by atoms with E-state index in [2.05, 4.69) is 31.6 Å². The number of amides is 1. The molecule has 0 saturated heterocycles. The molecule has 1 amide bonds. The number of aryl methyl sites for hydroxylation is 1. The molecule has 0 aliphatic carbocycles. The van der Waals surface area contributed by atoms with E-state index in [1.165, 1.54) is 42.8 Å². The summed E-state index contributed by atoms with van der Waals surface area (Å²) in [6.07, 6.45) is 3.26. The third-order valence-corrected chi connectivity index (χ3v) is 6.45. The molecule has 0 saturated carbocycles. The first-order chi connectivity index (χ1) is 16.4. The van der Waals surface area contributed by atoms with Crippen molar-refractivity contribution < 1.29 is 18.4 Å². The van der Waals surface area contributed by atoms with Gasteiger partial charge in [-0.25, -0.2) is 14.1 Å². The van der Waals surface area contributed by atoms with Crippen LogP contribution in [0.5, 0.6) is 5.88 Å². The topological polar surface area (TPSA) is 132 Å². The molecule has 0 spiro atoms. The van der Waals surface area contributed by atoms with E-state index in [1.807, 2.05) is 12.3 Å². The van der Waals surface area contributed by atoms with Gasteiger partial charge in [0, 0.05) is 36.8 Å². The van der Waals surface area contributed by atoms with Crippen molar-refractivity contribution in [2.45, 2.75) is 18.8 Å². The molecule has 4 aromatic rings. The highest BCUT2D eigenvalue weighted by Crippen LogP contribution is 2.38. The van der Waals surface area contributed by atoms with E-state index in [0.29, 0.717) is 22.1 Å². The highest BCUT2D eigenvalue weighted by atomic mass is 32.1. The summed E-state index contributed by atoms with van der Waals surface area (Å²) < 4.78 is 26.3. The summed E-state index contributed by atoms with van der Waals surface area (Å²) in [6, 6.07) is 6.13. The molecule has 1 unspecified atom stereocenters. The van der Waals surface area contributed by atoms with Crippen LogP contribution in [-0.2, 0) is 18.9 Å². The maximum atomic E-state index is 14.0. The monoisotopic (exact) mass is 481 g/mol. The van der Waals surface area contributed by atoms with Crippen molar-refractivity contribution in [3.8, 4) is 23.3 Å². The Hall–Kier alpha value is -4.11. The molecule has 4 heterocycles. The largest absolute Gasteiger partial charge is 0.481 e. The van der Waals surface area contributed by atoms with Crippen LogP contribution in [0.2, 0.25) is 0 Å². The fraction of sp³-hybridized carbons (Fsp3) is 0.273. The third kappa shape index (κ3) is 4.25. The number of hydrogen-bond donors (Lipinski definition) is 1. The van der Waals surface area contributed by atoms with Crippen LogP contribution < -0.4 is 10.1 Å². The Morgan fingerprint density at radius 3 is 3.03 bits per heavy atom. The molecule has 4 aromatic heterocycles. The number of thiazole rings is 1. The van der Waals surface area contributed by atoms with Gasteiger partial charge in [0.05, 0.1) is 36.9 Å². The van der Waals surface area contributed by atoms with Gasteiger partial charge in [-0.15, -0.1) is 11.3 Å². The van der Waals surface area contributed by atoms with Crippen molar-refractivity contribution in [3.63, 3.8) is 0 Å². The molecule has 34 heavy (non-hydrogen) atoms. The summed E-state index contributed by atoms with van der Waals surface area (Å²) in [7, 11) is 3.28. The van der Waals surface area contributed by atoms with E-state index in [0.717, 1.165) is 0 Å². The van der Waals surface area contributed by atoms with Crippen molar-refractivity contribution in [3.05, 3.63) is 63.8 Å². The van der Waals surface area contributed by atoms with Gasteiger partial charge in [-0.2, -0.15) is 10.4 Å². The molecule has 174 valence electrons. The Kier molecular flexibility index (Phi) is 6.38. The average Bonchev–Trinajstić information content (AvgIpc) is 3.58. The summed E-state index contributed by atoms with van der Waals surface area (Å²) in [5, 5.41) is 22.4. The lowest BCUT2D eigenvalue weighted by molar-refractivity contribution is 0.0910. The second-order valence-corrected chi connectivity index (χ2v) is 8.45. The Balaban J connectivity index is 1.62. The summed E-state index contributed by atoms with van der Waals surface area (Å²) in [5.41, 5.74) is 0.623. The number of carbonyl (C=O) groups is 1. The highest BCUT2D eigenvalue weighted by Gasteiger charge is 2.38. The second kappa shape index (κ2) is 9.40. The van der Waals surface area contributed by atoms with E-state index in [1.54, 1.807) is 17.9 Å². The SMILES string of the molecule is COc1c(C(C)(CNC(=O)c2cc(-c3ncccc3F)no2)c2nc(CC#N)cs2)cnn1C. The van der Waals surface area contributed by atoms with Gasteiger partial charge in [-0.1, -0.05) is 5.16 Å². The van der Waals surface area contributed by atoms with Crippen LogP contribution in [0.15, 0.2) is 40.5 Å². The average molecular weight is 482 g/mol. The van der Waals surface area contributed by atoms with Gasteiger partial charge in [0.25, 0.3) is 5.91 Å². The molecule has 12 heteroatoms. The number of methoxy groups -OCH3 is 1. The van der Waals surface area contributed by atoms with Crippen LogP contribution in [0.1, 0.15) is 33.7 Å². The predicted octanol–water partition coefficient (Wildman–Crippen LogP) is 2.88. The fourth-order valence-electron chi connectivity index (χ4n) is 3.47. The van der Waals surface area contributed by atoms with Crippen LogP contribution in [0, 0.1) is 17.1 Å². The zero-order chi connectivity index (χ0) is 24.3. The van der Waals surface area contributed by atoms with E-state index in [9.17, 15) is 9.18 Å². The lowest BCUT2D eigenvalue weighted by atomic mass is 9.84. The maximum Gasteiger partial charge on any atom is 0.289 e. The number of nitrogens with one attached hydrogen (secondary N) is 1. The van der Waals surface area contributed by atoms with Crippen molar-refractivity contribution in [2.75, 3.05) is 13.7 Å². The fourth-order valence-corrected chi connectivity index (χ4v) is 4.46. The van der Waals surface area contributed by atoms with Gasteiger partial charge in [-0.05, 0) is 19.1 Å². The van der Waals surface area contributed by atoms with Crippen molar-refractivity contribution in [1.82, 2.24) is 30.2 Å². The summed E-state index contributed by atoms with van der Waals surface area (Å²) >= 11 is 1.38. The predicted molar refractivity (Wildman–Crippen MR) is 120 cm³/mol. The smallest absolute Gasteiger partial charge is 0.289 e. The highest BCUT2D eigenvalue weighted by molar-refractivity contribution is 7.09. The standard InChI is InChI=1S/C22H20FN7O3S/c1-22(14-10-27-30(2)20(14)32-3,21-28-13(6-7-24)11-34-21)12-26-19(31)17-9-16(29-33-17)18-15(23)5-4-8-25-18/h4-5,8-11H,6,12H2,1-3H3,(H,26,31). The first-order valence-electron chi connectivity index (χ1n) is 10.1. The number of pyridine rings is 1. The van der Waals surface area contributed by atoms with E-state index >= 15 is 0 Å². The molecular formula is C22H20FN7O3S. The van der Waals surface area contributed by atoms with E-state index < -0.39 is 17.1 Å². The van der Waals surface area contributed by atoms with Crippen LogP contribution in [0.3, 0.4) is 0 Å². The molecule has 0 bridgehead atoms. The molecular weight excluding hydrogens is 461 g/mol. The van der Waals surface area contributed by atoms with Crippen LogP contribution in [-0.4, -0.2) is 44.5 Å². The quantitative estimate of drug-likeness (QED) is 0.406. The number of rotatable bonds is 8. The van der Waals surface area contributed by atoms with Gasteiger partial charge in [0.1, 0.15) is 16.4 Å². The lowest BCUT2D eigenvalue weighted by Crippen LogP contribution is -2.39. The summed E-state index contributed by atoms with van der Waals surface area (Å²) in [6.45, 7) is 2.01. The summed E-state index contributed by atoms with van der Waals surface area (Å²) in [5.74, 6) is -0.694. The van der Waals surface area contributed by atoms with Gasteiger partial charge >= 0.3 is 0 Å². The Morgan fingerprint density at radius 2 is 2.29 bits per heavy atom. The number of nitrogens with zero attached hydrogens (tertiary/aromatic N) is 6. The molecule has 0 aromatic carbocycles. The first-order valence-corrected chi connectivity index (χ1v) is 11.0. The Labute approximate surface area is 198 Å². The maximum absolute atomic E-state index is 14.0. The van der Waals surface area contributed by atoms with Gasteiger partial charge in [-0.3, -0.25) is 9.78 Å². The van der Waals surface area contributed by atoms with E-state index in [-0.39, 0.29) is 30.1 Å². The molecule has 1 N–H and O–H groups in total. The van der Waals surface area contributed by atoms with Crippen LogP contribution in [0.4, 0.5) is 4.39 Å². The minimum atomic E-state index is -0.830. The number of halogens is 1.